The molecule has 1 aromatic heterocycles. The highest BCUT2D eigenvalue weighted by molar-refractivity contribution is 5.76. The van der Waals surface area contributed by atoms with Crippen molar-refractivity contribution in [2.45, 2.75) is 38.6 Å². The van der Waals surface area contributed by atoms with E-state index in [0.717, 1.165) is 70.8 Å². The lowest BCUT2D eigenvalue weighted by atomic mass is 10.0. The summed E-state index contributed by atoms with van der Waals surface area (Å²) in [6.45, 7) is 8.70. The molecule has 1 amide bonds. The van der Waals surface area contributed by atoms with Gasteiger partial charge in [0.1, 0.15) is 0 Å². The third-order valence-electron chi connectivity index (χ3n) is 6.79. The molecule has 2 aliphatic heterocycles. The standard InChI is InChI=1S/C25H34N6O3/c1-20-4-7-23(8-5-20)29-17-15-28(16-18-29)12-2-3-25(32)30-13-10-21(11-14-30)27-22-6-9-24(26-19-22)31(33)34/h4-9,19,21,27H,2-3,10-18H2,1H3. The molecule has 0 atom stereocenters. The number of aromatic nitrogens is 1. The van der Waals surface area contributed by atoms with Crippen LogP contribution in [0.2, 0.25) is 0 Å². The van der Waals surface area contributed by atoms with Gasteiger partial charge >= 0.3 is 5.82 Å². The van der Waals surface area contributed by atoms with Crippen LogP contribution in [0.4, 0.5) is 17.2 Å². The first kappa shape index (κ1) is 23.9. The van der Waals surface area contributed by atoms with Crippen LogP contribution in [0.5, 0.6) is 0 Å². The smallest absolute Gasteiger partial charge is 0.363 e. The molecule has 1 N–H and O–H groups in total. The molecule has 182 valence electrons. The number of nitrogens with one attached hydrogen (secondary N) is 1. The van der Waals surface area contributed by atoms with E-state index in [1.165, 1.54) is 23.5 Å². The average molecular weight is 467 g/mol. The summed E-state index contributed by atoms with van der Waals surface area (Å²) in [7, 11) is 0. The summed E-state index contributed by atoms with van der Waals surface area (Å²) in [6.07, 6.45) is 4.72. The number of hydrogen-bond acceptors (Lipinski definition) is 7. The number of likely N-dealkylation sites (tertiary alicyclic amines) is 1. The van der Waals surface area contributed by atoms with E-state index >= 15 is 0 Å². The second-order valence-corrected chi connectivity index (χ2v) is 9.23. The summed E-state index contributed by atoms with van der Waals surface area (Å²) >= 11 is 0. The van der Waals surface area contributed by atoms with Crippen molar-refractivity contribution in [3.05, 3.63) is 58.3 Å². The van der Waals surface area contributed by atoms with E-state index in [1.807, 2.05) is 4.90 Å². The number of piperidine rings is 1. The van der Waals surface area contributed by atoms with Crippen molar-refractivity contribution >= 4 is 23.1 Å². The third-order valence-corrected chi connectivity index (χ3v) is 6.79. The lowest BCUT2D eigenvalue weighted by Gasteiger charge is -2.36. The molecule has 4 rings (SSSR count). The lowest BCUT2D eigenvalue weighted by molar-refractivity contribution is -0.389. The minimum atomic E-state index is -0.501. The molecule has 2 fully saturated rings. The number of anilines is 2. The quantitative estimate of drug-likeness (QED) is 0.471. The Labute approximate surface area is 200 Å². The highest BCUT2D eigenvalue weighted by Crippen LogP contribution is 2.20. The van der Waals surface area contributed by atoms with Crippen LogP contribution >= 0.6 is 0 Å². The summed E-state index contributed by atoms with van der Waals surface area (Å²) in [6, 6.07) is 12.1. The van der Waals surface area contributed by atoms with Gasteiger partial charge in [-0.25, -0.2) is 0 Å². The number of hydrogen-bond donors (Lipinski definition) is 1. The van der Waals surface area contributed by atoms with Gasteiger partial charge in [0.25, 0.3) is 0 Å². The van der Waals surface area contributed by atoms with Crippen molar-refractivity contribution in [2.75, 3.05) is 56.0 Å². The summed E-state index contributed by atoms with van der Waals surface area (Å²) in [5, 5.41) is 14.1. The Kier molecular flexibility index (Phi) is 7.95. The number of aryl methyl sites for hydroxylation is 1. The number of piperazine rings is 1. The molecule has 2 aromatic rings. The number of nitrogens with zero attached hydrogens (tertiary/aromatic N) is 5. The van der Waals surface area contributed by atoms with E-state index < -0.39 is 4.92 Å². The van der Waals surface area contributed by atoms with E-state index in [4.69, 9.17) is 0 Å². The molecular formula is C25H34N6O3. The molecule has 0 radical (unpaired) electrons. The first-order chi connectivity index (χ1) is 16.5. The first-order valence-corrected chi connectivity index (χ1v) is 12.2. The zero-order valence-electron chi connectivity index (χ0n) is 19.9. The molecule has 0 bridgehead atoms. The fourth-order valence-corrected chi connectivity index (χ4v) is 4.69. The van der Waals surface area contributed by atoms with Gasteiger partial charge in [-0.1, -0.05) is 17.7 Å². The number of rotatable bonds is 8. The van der Waals surface area contributed by atoms with Crippen LogP contribution in [-0.4, -0.2) is 77.5 Å². The van der Waals surface area contributed by atoms with Crippen LogP contribution in [-0.2, 0) is 4.79 Å². The van der Waals surface area contributed by atoms with E-state index in [-0.39, 0.29) is 17.8 Å². The number of pyridine rings is 1. The Morgan fingerprint density at radius 1 is 1.06 bits per heavy atom. The van der Waals surface area contributed by atoms with Crippen LogP contribution in [0.1, 0.15) is 31.2 Å². The zero-order valence-corrected chi connectivity index (χ0v) is 19.9. The summed E-state index contributed by atoms with van der Waals surface area (Å²) in [4.78, 5) is 33.6. The minimum absolute atomic E-state index is 0.154. The van der Waals surface area contributed by atoms with Crippen molar-refractivity contribution in [1.82, 2.24) is 14.8 Å². The van der Waals surface area contributed by atoms with E-state index in [0.29, 0.717) is 6.42 Å². The van der Waals surface area contributed by atoms with E-state index in [1.54, 1.807) is 6.07 Å². The predicted molar refractivity (Wildman–Crippen MR) is 133 cm³/mol. The topological polar surface area (TPSA) is 94.8 Å². The van der Waals surface area contributed by atoms with Gasteiger partial charge in [-0.15, -0.1) is 0 Å². The Morgan fingerprint density at radius 2 is 1.76 bits per heavy atom. The zero-order chi connectivity index (χ0) is 23.9. The normalized spacial score (nSPS) is 17.6. The third kappa shape index (κ3) is 6.44. The van der Waals surface area contributed by atoms with Crippen molar-refractivity contribution in [3.8, 4) is 0 Å². The van der Waals surface area contributed by atoms with Gasteiger partial charge in [-0.05, 0) is 60.8 Å². The SMILES string of the molecule is Cc1ccc(N2CCN(CCCC(=O)N3CCC(Nc4ccc([N+](=O)[O-])nc4)CC3)CC2)cc1. The summed E-state index contributed by atoms with van der Waals surface area (Å²) < 4.78 is 0. The van der Waals surface area contributed by atoms with Crippen molar-refractivity contribution in [1.29, 1.82) is 0 Å². The number of benzene rings is 1. The maximum atomic E-state index is 12.7. The predicted octanol–water partition coefficient (Wildman–Crippen LogP) is 3.30. The van der Waals surface area contributed by atoms with Gasteiger partial charge in [-0.2, -0.15) is 0 Å². The molecule has 34 heavy (non-hydrogen) atoms. The average Bonchev–Trinajstić information content (AvgIpc) is 2.86. The highest BCUT2D eigenvalue weighted by atomic mass is 16.6. The molecule has 1 aromatic carbocycles. The molecule has 0 aliphatic carbocycles. The van der Waals surface area contributed by atoms with Crippen LogP contribution in [0.3, 0.4) is 0 Å². The van der Waals surface area contributed by atoms with Crippen LogP contribution in [0.25, 0.3) is 0 Å². The monoisotopic (exact) mass is 466 g/mol. The van der Waals surface area contributed by atoms with Crippen LogP contribution in [0.15, 0.2) is 42.6 Å². The Hall–Kier alpha value is -3.20. The molecule has 9 heteroatoms. The van der Waals surface area contributed by atoms with E-state index in [9.17, 15) is 14.9 Å². The van der Waals surface area contributed by atoms with Gasteiger partial charge in [0.05, 0.1) is 5.69 Å². The maximum absolute atomic E-state index is 12.7. The first-order valence-electron chi connectivity index (χ1n) is 12.2. The molecule has 0 unspecified atom stereocenters. The molecule has 2 aliphatic rings. The van der Waals surface area contributed by atoms with Crippen molar-refractivity contribution in [2.24, 2.45) is 0 Å². The Balaban J connectivity index is 1.11. The molecule has 0 spiro atoms. The Morgan fingerprint density at radius 3 is 2.38 bits per heavy atom. The molecule has 9 nitrogen and oxygen atoms in total. The minimum Gasteiger partial charge on any atom is -0.379 e. The molecule has 3 heterocycles. The second kappa shape index (κ2) is 11.3. The number of carbonyl (C=O) groups excluding carboxylic acids is 1. The summed E-state index contributed by atoms with van der Waals surface area (Å²) in [5.74, 6) is 0.0906. The van der Waals surface area contributed by atoms with Gasteiger partial charge in [0.2, 0.25) is 5.91 Å². The van der Waals surface area contributed by atoms with Crippen LogP contribution in [0, 0.1) is 17.0 Å². The van der Waals surface area contributed by atoms with Crippen LogP contribution < -0.4 is 10.2 Å². The van der Waals surface area contributed by atoms with Gasteiger partial charge in [0, 0.05) is 63.5 Å². The largest absolute Gasteiger partial charge is 0.379 e. The number of amides is 1. The lowest BCUT2D eigenvalue weighted by Crippen LogP contribution is -2.47. The van der Waals surface area contributed by atoms with Gasteiger partial charge in [-0.3, -0.25) is 9.69 Å². The summed E-state index contributed by atoms with van der Waals surface area (Å²) in [5.41, 5.74) is 3.36. The highest BCUT2D eigenvalue weighted by Gasteiger charge is 2.23. The Bertz CT molecular complexity index is 950. The van der Waals surface area contributed by atoms with Gasteiger partial charge < -0.3 is 25.2 Å². The molecular weight excluding hydrogens is 432 g/mol. The number of nitro groups is 1. The molecule has 0 saturated carbocycles. The van der Waals surface area contributed by atoms with E-state index in [2.05, 4.69) is 51.3 Å². The van der Waals surface area contributed by atoms with Crippen molar-refractivity contribution < 1.29 is 9.72 Å². The van der Waals surface area contributed by atoms with Gasteiger partial charge in [0.15, 0.2) is 6.20 Å². The van der Waals surface area contributed by atoms with Crippen molar-refractivity contribution in [3.63, 3.8) is 0 Å². The second-order valence-electron chi connectivity index (χ2n) is 9.23. The maximum Gasteiger partial charge on any atom is 0.363 e. The fraction of sp³-hybridized carbons (Fsp3) is 0.520. The number of carbonyl (C=O) groups is 1. The fourth-order valence-electron chi connectivity index (χ4n) is 4.69. The molecule has 2 saturated heterocycles.